The Hall–Kier alpha value is -3.86. The minimum absolute atomic E-state index is 0.220. The second kappa shape index (κ2) is 8.88. The summed E-state index contributed by atoms with van der Waals surface area (Å²) in [6.45, 7) is 4.66. The van der Waals surface area contributed by atoms with Crippen LogP contribution in [0.4, 0.5) is 5.69 Å². The molecule has 0 atom stereocenters. The minimum Gasteiger partial charge on any atom is -0.494 e. The quantitative estimate of drug-likeness (QED) is 0.567. The molecule has 3 aromatic rings. The highest BCUT2D eigenvalue weighted by Gasteiger charge is 2.39. The maximum absolute atomic E-state index is 13.4. The Labute approximate surface area is 182 Å². The number of aryl methyl sites for hydroxylation is 1. The smallest absolute Gasteiger partial charge is 0.278 e. The van der Waals surface area contributed by atoms with Crippen LogP contribution in [-0.2, 0) is 16.1 Å². The standard InChI is InChI=1S/C26H24N2O3/c1-3-31-21-15-13-20(14-16-21)23-24(27-22-12-8-7-9-18(22)2)26(30)28(25(23)29)17-19-10-5-4-6-11-19/h4-16,27H,3,17H2,1-2H3. The van der Waals surface area contributed by atoms with Gasteiger partial charge in [-0.2, -0.15) is 0 Å². The number of carbonyl (C=O) groups excluding carboxylic acids is 2. The summed E-state index contributed by atoms with van der Waals surface area (Å²) in [6.07, 6.45) is 0. The maximum atomic E-state index is 13.4. The molecule has 0 unspecified atom stereocenters. The fourth-order valence-electron chi connectivity index (χ4n) is 3.60. The summed E-state index contributed by atoms with van der Waals surface area (Å²) >= 11 is 0. The number of nitrogens with zero attached hydrogens (tertiary/aromatic N) is 1. The van der Waals surface area contributed by atoms with E-state index in [9.17, 15) is 9.59 Å². The second-order valence-electron chi connectivity index (χ2n) is 7.33. The molecule has 3 aromatic carbocycles. The summed E-state index contributed by atoms with van der Waals surface area (Å²) in [5.41, 5.74) is 4.01. The Morgan fingerprint density at radius 1 is 0.839 bits per heavy atom. The molecule has 0 spiro atoms. The van der Waals surface area contributed by atoms with Crippen LogP contribution in [0, 0.1) is 6.92 Å². The Bertz CT molecular complexity index is 1130. The molecule has 5 nitrogen and oxygen atoms in total. The SMILES string of the molecule is CCOc1ccc(C2=C(Nc3ccccc3C)C(=O)N(Cc3ccccc3)C2=O)cc1. The first-order valence-electron chi connectivity index (χ1n) is 10.3. The molecule has 4 rings (SSSR count). The summed E-state index contributed by atoms with van der Waals surface area (Å²) in [5, 5.41) is 3.23. The fraction of sp³-hybridized carbons (Fsp3) is 0.154. The molecule has 0 bridgehead atoms. The summed E-state index contributed by atoms with van der Waals surface area (Å²) < 4.78 is 5.52. The molecule has 0 saturated heterocycles. The van der Waals surface area contributed by atoms with E-state index >= 15 is 0 Å². The van der Waals surface area contributed by atoms with Crippen molar-refractivity contribution in [3.8, 4) is 5.75 Å². The molecule has 0 saturated carbocycles. The number of imide groups is 1. The molecule has 1 heterocycles. The van der Waals surface area contributed by atoms with Crippen molar-refractivity contribution in [2.24, 2.45) is 0 Å². The number of benzene rings is 3. The summed E-state index contributed by atoms with van der Waals surface area (Å²) in [7, 11) is 0. The number of hydrogen-bond donors (Lipinski definition) is 1. The number of amides is 2. The first-order valence-corrected chi connectivity index (χ1v) is 10.3. The molecule has 1 aliphatic heterocycles. The normalized spacial score (nSPS) is 13.7. The molecule has 31 heavy (non-hydrogen) atoms. The van der Waals surface area contributed by atoms with Gasteiger partial charge in [0.05, 0.1) is 18.7 Å². The van der Waals surface area contributed by atoms with E-state index in [0.717, 1.165) is 22.6 Å². The third-order valence-corrected chi connectivity index (χ3v) is 5.21. The third kappa shape index (κ3) is 4.21. The zero-order chi connectivity index (χ0) is 21.8. The van der Waals surface area contributed by atoms with Crippen molar-refractivity contribution in [2.45, 2.75) is 20.4 Å². The molecule has 0 radical (unpaired) electrons. The van der Waals surface area contributed by atoms with Gasteiger partial charge in [-0.15, -0.1) is 0 Å². The van der Waals surface area contributed by atoms with E-state index in [1.165, 1.54) is 4.90 Å². The topological polar surface area (TPSA) is 58.6 Å². The van der Waals surface area contributed by atoms with Gasteiger partial charge in [-0.3, -0.25) is 14.5 Å². The van der Waals surface area contributed by atoms with E-state index in [1.807, 2.05) is 92.7 Å². The lowest BCUT2D eigenvalue weighted by Gasteiger charge is -2.15. The summed E-state index contributed by atoms with van der Waals surface area (Å²) in [5.74, 6) is 0.0771. The predicted octanol–water partition coefficient (Wildman–Crippen LogP) is 4.79. The number of ether oxygens (including phenoxy) is 1. The van der Waals surface area contributed by atoms with Gasteiger partial charge in [0.15, 0.2) is 0 Å². The van der Waals surface area contributed by atoms with Crippen molar-refractivity contribution in [1.82, 2.24) is 4.90 Å². The predicted molar refractivity (Wildman–Crippen MR) is 121 cm³/mol. The van der Waals surface area contributed by atoms with Crippen molar-refractivity contribution in [2.75, 3.05) is 11.9 Å². The number of hydrogen-bond acceptors (Lipinski definition) is 4. The van der Waals surface area contributed by atoms with Crippen molar-refractivity contribution in [3.05, 3.63) is 101 Å². The number of para-hydroxylation sites is 1. The van der Waals surface area contributed by atoms with Crippen molar-refractivity contribution in [1.29, 1.82) is 0 Å². The van der Waals surface area contributed by atoms with Crippen LogP contribution in [0.15, 0.2) is 84.6 Å². The summed E-state index contributed by atoms with van der Waals surface area (Å²) in [6, 6.07) is 24.5. The number of carbonyl (C=O) groups is 2. The zero-order valence-corrected chi connectivity index (χ0v) is 17.6. The van der Waals surface area contributed by atoms with Crippen LogP contribution < -0.4 is 10.1 Å². The molecule has 1 aliphatic rings. The van der Waals surface area contributed by atoms with Gasteiger partial charge in [0.2, 0.25) is 0 Å². The van der Waals surface area contributed by atoms with Gasteiger partial charge in [-0.05, 0) is 48.7 Å². The van der Waals surface area contributed by atoms with Crippen molar-refractivity contribution >= 4 is 23.1 Å². The van der Waals surface area contributed by atoms with Crippen LogP contribution in [0.25, 0.3) is 5.57 Å². The van der Waals surface area contributed by atoms with Crippen LogP contribution in [0.2, 0.25) is 0 Å². The van der Waals surface area contributed by atoms with E-state index in [4.69, 9.17) is 4.74 Å². The summed E-state index contributed by atoms with van der Waals surface area (Å²) in [4.78, 5) is 28.0. The van der Waals surface area contributed by atoms with Gasteiger partial charge >= 0.3 is 0 Å². The monoisotopic (exact) mass is 412 g/mol. The molecular weight excluding hydrogens is 388 g/mol. The molecule has 5 heteroatoms. The van der Waals surface area contributed by atoms with E-state index in [0.29, 0.717) is 23.4 Å². The van der Waals surface area contributed by atoms with Crippen LogP contribution in [0.3, 0.4) is 0 Å². The van der Waals surface area contributed by atoms with Gasteiger partial charge in [0.1, 0.15) is 11.4 Å². The zero-order valence-electron chi connectivity index (χ0n) is 17.6. The molecule has 0 aromatic heterocycles. The lowest BCUT2D eigenvalue weighted by Crippen LogP contribution is -2.32. The van der Waals surface area contributed by atoms with Gasteiger partial charge < -0.3 is 10.1 Å². The van der Waals surface area contributed by atoms with Gasteiger partial charge in [-0.1, -0.05) is 60.7 Å². The Kier molecular flexibility index (Phi) is 5.85. The van der Waals surface area contributed by atoms with E-state index in [2.05, 4.69) is 5.32 Å². The van der Waals surface area contributed by atoms with Crippen LogP contribution in [-0.4, -0.2) is 23.3 Å². The Morgan fingerprint density at radius 3 is 2.19 bits per heavy atom. The highest BCUT2D eigenvalue weighted by Crippen LogP contribution is 2.33. The van der Waals surface area contributed by atoms with Gasteiger partial charge in [0, 0.05) is 5.69 Å². The van der Waals surface area contributed by atoms with Gasteiger partial charge in [0.25, 0.3) is 11.8 Å². The number of rotatable bonds is 7. The Balaban J connectivity index is 1.74. The molecule has 0 aliphatic carbocycles. The highest BCUT2D eigenvalue weighted by molar-refractivity contribution is 6.36. The van der Waals surface area contributed by atoms with E-state index < -0.39 is 0 Å². The maximum Gasteiger partial charge on any atom is 0.278 e. The average molecular weight is 412 g/mol. The first-order chi connectivity index (χ1) is 15.1. The van der Waals surface area contributed by atoms with E-state index in [-0.39, 0.29) is 18.4 Å². The van der Waals surface area contributed by atoms with Crippen LogP contribution in [0.1, 0.15) is 23.6 Å². The molecule has 2 amide bonds. The van der Waals surface area contributed by atoms with Crippen LogP contribution in [0.5, 0.6) is 5.75 Å². The van der Waals surface area contributed by atoms with Crippen LogP contribution >= 0.6 is 0 Å². The molecule has 1 N–H and O–H groups in total. The highest BCUT2D eigenvalue weighted by atomic mass is 16.5. The van der Waals surface area contributed by atoms with Crippen molar-refractivity contribution in [3.63, 3.8) is 0 Å². The lowest BCUT2D eigenvalue weighted by molar-refractivity contribution is -0.137. The molecule has 0 fully saturated rings. The molecular formula is C26H24N2O3. The Morgan fingerprint density at radius 2 is 1.52 bits per heavy atom. The number of nitrogens with one attached hydrogen (secondary N) is 1. The first kappa shape index (κ1) is 20.4. The van der Waals surface area contributed by atoms with Crippen molar-refractivity contribution < 1.29 is 14.3 Å². The van der Waals surface area contributed by atoms with Gasteiger partial charge in [-0.25, -0.2) is 0 Å². The lowest BCUT2D eigenvalue weighted by atomic mass is 10.0. The van der Waals surface area contributed by atoms with E-state index in [1.54, 1.807) is 0 Å². The fourth-order valence-corrected chi connectivity index (χ4v) is 3.60. The second-order valence-corrected chi connectivity index (χ2v) is 7.33. The minimum atomic E-state index is -0.332. The third-order valence-electron chi connectivity index (χ3n) is 5.21. The largest absolute Gasteiger partial charge is 0.494 e. The average Bonchev–Trinajstić information content (AvgIpc) is 3.01. The number of anilines is 1. The molecule has 156 valence electrons.